The summed E-state index contributed by atoms with van der Waals surface area (Å²) < 4.78 is 7.26. The third-order valence-electron chi connectivity index (χ3n) is 4.97. The van der Waals surface area contributed by atoms with Crippen molar-refractivity contribution in [2.75, 3.05) is 13.7 Å². The molecule has 8 nitrogen and oxygen atoms in total. The number of amides is 2. The number of imidazole rings is 1. The Bertz CT molecular complexity index is 1100. The van der Waals surface area contributed by atoms with E-state index in [9.17, 15) is 10.1 Å². The molecule has 3 aromatic rings. The molecular weight excluding hydrogens is 380 g/mol. The molecule has 8 heteroatoms. The van der Waals surface area contributed by atoms with E-state index in [0.717, 1.165) is 16.8 Å². The summed E-state index contributed by atoms with van der Waals surface area (Å²) >= 11 is 0. The summed E-state index contributed by atoms with van der Waals surface area (Å²) in [5.74, 6) is 0.448. The smallest absolute Gasteiger partial charge is 0.319 e. The summed E-state index contributed by atoms with van der Waals surface area (Å²) in [6, 6.07) is 9.53. The van der Waals surface area contributed by atoms with E-state index in [1.54, 1.807) is 32.1 Å². The monoisotopic (exact) mass is 406 g/mol. The number of carbonyl (C=O) groups excluding carboxylic acids is 1. The van der Waals surface area contributed by atoms with Crippen molar-refractivity contribution in [1.82, 2.24) is 24.6 Å². The summed E-state index contributed by atoms with van der Waals surface area (Å²) in [6.07, 6.45) is 5.44. The van der Waals surface area contributed by atoms with Gasteiger partial charge in [-0.15, -0.1) is 0 Å². The fourth-order valence-corrected chi connectivity index (χ4v) is 3.28. The summed E-state index contributed by atoms with van der Waals surface area (Å²) in [5.41, 5.74) is 2.32. The van der Waals surface area contributed by atoms with Crippen LogP contribution < -0.4 is 10.1 Å². The van der Waals surface area contributed by atoms with Gasteiger partial charge in [-0.05, 0) is 39.3 Å². The van der Waals surface area contributed by atoms with E-state index in [2.05, 4.69) is 21.4 Å². The number of benzene rings is 1. The molecule has 0 saturated carbocycles. The second-order valence-corrected chi connectivity index (χ2v) is 7.55. The normalized spacial score (nSPS) is 12.3. The highest BCUT2D eigenvalue weighted by molar-refractivity contribution is 5.76. The van der Waals surface area contributed by atoms with Crippen LogP contribution in [-0.2, 0) is 0 Å². The Hall–Kier alpha value is -3.60. The molecule has 2 heterocycles. The minimum atomic E-state index is -0.938. The number of rotatable bonds is 6. The maximum atomic E-state index is 12.7. The van der Waals surface area contributed by atoms with Crippen molar-refractivity contribution in [2.24, 2.45) is 0 Å². The summed E-state index contributed by atoms with van der Waals surface area (Å²) in [4.78, 5) is 23.3. The van der Waals surface area contributed by atoms with Crippen molar-refractivity contribution in [3.05, 3.63) is 48.4 Å². The lowest BCUT2D eigenvalue weighted by Crippen LogP contribution is -2.49. The van der Waals surface area contributed by atoms with Gasteiger partial charge in [0.05, 0.1) is 24.9 Å². The van der Waals surface area contributed by atoms with Gasteiger partial charge in [0.25, 0.3) is 5.88 Å². The molecule has 0 aliphatic rings. The number of aromatic nitrogens is 3. The van der Waals surface area contributed by atoms with Crippen LogP contribution in [0.5, 0.6) is 5.88 Å². The quantitative estimate of drug-likeness (QED) is 0.672. The zero-order chi connectivity index (χ0) is 21.9. The Labute approximate surface area is 176 Å². The molecule has 3 rings (SSSR count). The van der Waals surface area contributed by atoms with Crippen molar-refractivity contribution >= 4 is 11.7 Å². The second-order valence-electron chi connectivity index (χ2n) is 7.55. The van der Waals surface area contributed by atoms with Crippen molar-refractivity contribution in [2.45, 2.75) is 39.3 Å². The lowest BCUT2D eigenvalue weighted by molar-refractivity contribution is 0.177. The molecule has 0 aliphatic carbocycles. The van der Waals surface area contributed by atoms with Crippen LogP contribution in [0.25, 0.3) is 16.9 Å². The molecule has 0 bridgehead atoms. The van der Waals surface area contributed by atoms with Gasteiger partial charge in [0.1, 0.15) is 5.54 Å². The summed E-state index contributed by atoms with van der Waals surface area (Å²) in [7, 11) is 1.57. The number of ether oxygens (including phenoxy) is 1. The van der Waals surface area contributed by atoms with Gasteiger partial charge >= 0.3 is 6.03 Å². The minimum Gasteiger partial charge on any atom is -0.478 e. The number of nitriles is 1. The van der Waals surface area contributed by atoms with Gasteiger partial charge in [-0.1, -0.05) is 18.2 Å². The first kappa shape index (κ1) is 21.1. The Morgan fingerprint density at radius 1 is 1.43 bits per heavy atom. The van der Waals surface area contributed by atoms with E-state index >= 15 is 0 Å². The Kier molecular flexibility index (Phi) is 5.92. The number of urea groups is 1. The fourth-order valence-electron chi connectivity index (χ4n) is 3.28. The van der Waals surface area contributed by atoms with Gasteiger partial charge < -0.3 is 19.4 Å². The lowest BCUT2D eigenvalue weighted by atomic mass is 10.0. The zero-order valence-electron chi connectivity index (χ0n) is 17.9. The molecule has 0 spiro atoms. The average Bonchev–Trinajstić information content (AvgIpc) is 3.22. The molecule has 0 saturated heterocycles. The first-order valence-electron chi connectivity index (χ1n) is 9.77. The van der Waals surface area contributed by atoms with Crippen LogP contribution in [0.1, 0.15) is 39.3 Å². The van der Waals surface area contributed by atoms with Crippen LogP contribution in [0.15, 0.2) is 42.9 Å². The van der Waals surface area contributed by atoms with Crippen molar-refractivity contribution in [1.29, 1.82) is 5.26 Å². The van der Waals surface area contributed by atoms with E-state index < -0.39 is 5.54 Å². The van der Waals surface area contributed by atoms with Crippen molar-refractivity contribution < 1.29 is 9.53 Å². The summed E-state index contributed by atoms with van der Waals surface area (Å²) in [6.45, 7) is 7.74. The van der Waals surface area contributed by atoms with Crippen LogP contribution in [0.4, 0.5) is 4.79 Å². The second kappa shape index (κ2) is 8.41. The van der Waals surface area contributed by atoms with Gasteiger partial charge in [0.15, 0.2) is 5.65 Å². The third-order valence-corrected chi connectivity index (χ3v) is 4.97. The Balaban J connectivity index is 1.93. The third kappa shape index (κ3) is 4.20. The highest BCUT2D eigenvalue weighted by atomic mass is 16.5. The molecule has 1 aromatic carbocycles. The Morgan fingerprint density at radius 2 is 2.20 bits per heavy atom. The SMILES string of the molecule is CCN(C(=O)NC(C)(C)C#N)[C@H](C)c1cccc(-c2cn3ccnc3c(OC)n2)c1. The molecule has 156 valence electrons. The topological polar surface area (TPSA) is 95.6 Å². The van der Waals surface area contributed by atoms with Crippen LogP contribution in [0, 0.1) is 11.3 Å². The average molecular weight is 406 g/mol. The summed E-state index contributed by atoms with van der Waals surface area (Å²) in [5, 5.41) is 12.0. The van der Waals surface area contributed by atoms with E-state index in [4.69, 9.17) is 4.74 Å². The van der Waals surface area contributed by atoms with Crippen LogP contribution in [-0.4, -0.2) is 44.5 Å². The number of hydrogen-bond donors (Lipinski definition) is 1. The number of hydrogen-bond acceptors (Lipinski definition) is 5. The Morgan fingerprint density at radius 3 is 2.87 bits per heavy atom. The molecule has 0 aliphatic heterocycles. The van der Waals surface area contributed by atoms with Crippen molar-refractivity contribution in [3.8, 4) is 23.2 Å². The highest BCUT2D eigenvalue weighted by Crippen LogP contribution is 2.27. The van der Waals surface area contributed by atoms with Crippen molar-refractivity contribution in [3.63, 3.8) is 0 Å². The molecule has 0 fully saturated rings. The van der Waals surface area contributed by atoms with Crippen LogP contribution in [0.2, 0.25) is 0 Å². The number of nitrogens with one attached hydrogen (secondary N) is 1. The van der Waals surface area contributed by atoms with E-state index in [0.29, 0.717) is 18.1 Å². The van der Waals surface area contributed by atoms with Gasteiger partial charge in [-0.2, -0.15) is 5.26 Å². The molecular formula is C22H26N6O2. The molecule has 0 radical (unpaired) electrons. The van der Waals surface area contributed by atoms with Gasteiger partial charge in [0.2, 0.25) is 0 Å². The van der Waals surface area contributed by atoms with E-state index in [1.807, 2.05) is 54.9 Å². The predicted octanol–water partition coefficient (Wildman–Crippen LogP) is 3.80. The molecule has 1 N–H and O–H groups in total. The standard InChI is InChI=1S/C22H26N6O2/c1-6-28(21(29)26-22(3,4)14-23)15(2)16-8-7-9-17(12-16)18-13-27-11-10-24-19(27)20(25-18)30-5/h7-13,15H,6H2,1-5H3,(H,26,29)/t15-/m1/s1. The number of nitrogens with zero attached hydrogens (tertiary/aromatic N) is 5. The number of fused-ring (bicyclic) bond motifs is 1. The molecule has 0 unspecified atom stereocenters. The molecule has 2 aromatic heterocycles. The number of methoxy groups -OCH3 is 1. The van der Waals surface area contributed by atoms with E-state index in [1.165, 1.54) is 0 Å². The lowest BCUT2D eigenvalue weighted by Gasteiger charge is -2.31. The van der Waals surface area contributed by atoms with Crippen LogP contribution >= 0.6 is 0 Å². The highest BCUT2D eigenvalue weighted by Gasteiger charge is 2.26. The first-order valence-corrected chi connectivity index (χ1v) is 9.77. The largest absolute Gasteiger partial charge is 0.478 e. The number of carbonyl (C=O) groups is 1. The minimum absolute atomic E-state index is 0.191. The zero-order valence-corrected chi connectivity index (χ0v) is 17.9. The van der Waals surface area contributed by atoms with Gasteiger partial charge in [-0.25, -0.2) is 14.8 Å². The van der Waals surface area contributed by atoms with Gasteiger partial charge in [-0.3, -0.25) is 0 Å². The first-order chi connectivity index (χ1) is 14.3. The van der Waals surface area contributed by atoms with Gasteiger partial charge in [0, 0.05) is 30.7 Å². The van der Waals surface area contributed by atoms with Crippen LogP contribution in [0.3, 0.4) is 0 Å². The maximum Gasteiger partial charge on any atom is 0.319 e. The molecule has 30 heavy (non-hydrogen) atoms. The molecule has 2 amide bonds. The predicted molar refractivity (Wildman–Crippen MR) is 114 cm³/mol. The fraction of sp³-hybridized carbons (Fsp3) is 0.364. The molecule has 1 atom stereocenters. The van der Waals surface area contributed by atoms with E-state index in [-0.39, 0.29) is 12.1 Å². The maximum absolute atomic E-state index is 12.7.